The summed E-state index contributed by atoms with van der Waals surface area (Å²) in [5.41, 5.74) is -2.07. The molecule has 0 unspecified atom stereocenters. The molecule has 3 aliphatic rings. The van der Waals surface area contributed by atoms with Gasteiger partial charge in [0.2, 0.25) is 0 Å². The topological polar surface area (TPSA) is 90.2 Å². The average Bonchev–Trinajstić information content (AvgIpc) is 2.68. The molecule has 0 aromatic carbocycles. The fourth-order valence-electron chi connectivity index (χ4n) is 5.02. The molecule has 0 bridgehead atoms. The Labute approximate surface area is 118 Å². The van der Waals surface area contributed by atoms with Crippen LogP contribution >= 0.6 is 0 Å². The molecular formula is C15H24O5. The Hall–Kier alpha value is -0.460. The largest absolute Gasteiger partial charge is 0.396 e. The summed E-state index contributed by atoms with van der Waals surface area (Å²) in [4.78, 5) is 0. The SMILES string of the molecule is C[C@]1(CO)CCC[C@@]2(C)[C@H]1[C@H](O)C=C1CO[C@@H](O)[C@@]12O. The van der Waals surface area contributed by atoms with Crippen molar-refractivity contribution in [2.24, 2.45) is 16.7 Å². The van der Waals surface area contributed by atoms with Gasteiger partial charge in [-0.1, -0.05) is 26.3 Å². The first-order valence-electron chi connectivity index (χ1n) is 7.32. The minimum Gasteiger partial charge on any atom is -0.396 e. The lowest BCUT2D eigenvalue weighted by molar-refractivity contribution is -0.247. The standard InChI is InChI=1S/C15H24O5/c1-13(8-16)4-3-5-14(2)11(13)10(17)6-9-7-20-12(18)15(9,14)19/h6,10-12,16-19H,3-5,7-8H2,1-2H3/t10-,11+,12-,13-,14+,15+/m1/s1. The highest BCUT2D eigenvalue weighted by Gasteiger charge is 2.68. The van der Waals surface area contributed by atoms with Gasteiger partial charge in [0, 0.05) is 17.9 Å². The third-order valence-electron chi connectivity index (χ3n) is 6.07. The molecule has 1 heterocycles. The second-order valence-electron chi connectivity index (χ2n) is 7.17. The molecule has 0 radical (unpaired) electrons. The van der Waals surface area contributed by atoms with Crippen LogP contribution in [0.3, 0.4) is 0 Å². The van der Waals surface area contributed by atoms with Crippen LogP contribution in [0.5, 0.6) is 0 Å². The molecule has 114 valence electrons. The average molecular weight is 284 g/mol. The number of hydrogen-bond acceptors (Lipinski definition) is 5. The molecule has 6 atom stereocenters. The lowest BCUT2D eigenvalue weighted by Gasteiger charge is -2.60. The first-order valence-corrected chi connectivity index (χ1v) is 7.32. The Kier molecular flexibility index (Phi) is 3.09. The molecular weight excluding hydrogens is 260 g/mol. The quantitative estimate of drug-likeness (QED) is 0.515. The highest BCUT2D eigenvalue weighted by atomic mass is 16.6. The zero-order chi connectivity index (χ0) is 14.8. The fraction of sp³-hybridized carbons (Fsp3) is 0.867. The monoisotopic (exact) mass is 284 g/mol. The van der Waals surface area contributed by atoms with E-state index in [1.54, 1.807) is 6.08 Å². The Balaban J connectivity index is 2.16. The van der Waals surface area contributed by atoms with Gasteiger partial charge in [-0.3, -0.25) is 0 Å². The van der Waals surface area contributed by atoms with Gasteiger partial charge < -0.3 is 25.2 Å². The van der Waals surface area contributed by atoms with Crippen LogP contribution in [-0.2, 0) is 4.74 Å². The van der Waals surface area contributed by atoms with Crippen molar-refractivity contribution in [2.45, 2.75) is 51.1 Å². The highest BCUT2D eigenvalue weighted by molar-refractivity contribution is 5.35. The van der Waals surface area contributed by atoms with Crippen LogP contribution in [0.1, 0.15) is 33.1 Å². The predicted molar refractivity (Wildman–Crippen MR) is 71.6 cm³/mol. The maximum atomic E-state index is 11.1. The molecule has 0 aromatic heterocycles. The Bertz CT molecular complexity index is 450. The van der Waals surface area contributed by atoms with E-state index in [1.165, 1.54) is 0 Å². The zero-order valence-corrected chi connectivity index (χ0v) is 12.0. The van der Waals surface area contributed by atoms with Gasteiger partial charge in [0.1, 0.15) is 5.60 Å². The minimum atomic E-state index is -1.46. The van der Waals surface area contributed by atoms with Crippen molar-refractivity contribution in [3.63, 3.8) is 0 Å². The van der Waals surface area contributed by atoms with E-state index in [1.807, 2.05) is 13.8 Å². The fourth-order valence-corrected chi connectivity index (χ4v) is 5.02. The summed E-state index contributed by atoms with van der Waals surface area (Å²) < 4.78 is 5.23. The van der Waals surface area contributed by atoms with Crippen LogP contribution in [0.4, 0.5) is 0 Å². The van der Waals surface area contributed by atoms with Crippen molar-refractivity contribution in [2.75, 3.05) is 13.2 Å². The third-order valence-corrected chi connectivity index (χ3v) is 6.07. The van der Waals surface area contributed by atoms with Crippen LogP contribution < -0.4 is 0 Å². The molecule has 5 nitrogen and oxygen atoms in total. The van der Waals surface area contributed by atoms with E-state index in [0.29, 0.717) is 12.0 Å². The summed E-state index contributed by atoms with van der Waals surface area (Å²) in [7, 11) is 0. The minimum absolute atomic E-state index is 0.0411. The second-order valence-corrected chi connectivity index (χ2v) is 7.17. The van der Waals surface area contributed by atoms with E-state index in [0.717, 1.165) is 12.8 Å². The molecule has 0 aromatic rings. The van der Waals surface area contributed by atoms with E-state index in [9.17, 15) is 20.4 Å². The number of rotatable bonds is 1. The van der Waals surface area contributed by atoms with Crippen molar-refractivity contribution in [3.8, 4) is 0 Å². The molecule has 1 aliphatic heterocycles. The maximum Gasteiger partial charge on any atom is 0.188 e. The Morgan fingerprint density at radius 2 is 2.00 bits per heavy atom. The van der Waals surface area contributed by atoms with Gasteiger partial charge >= 0.3 is 0 Å². The van der Waals surface area contributed by atoms with E-state index >= 15 is 0 Å². The molecule has 0 spiro atoms. The van der Waals surface area contributed by atoms with Crippen LogP contribution in [0, 0.1) is 16.7 Å². The molecule has 20 heavy (non-hydrogen) atoms. The van der Waals surface area contributed by atoms with Crippen LogP contribution in [0.2, 0.25) is 0 Å². The normalized spacial score (nSPS) is 55.1. The first kappa shape index (κ1) is 14.5. The summed E-state index contributed by atoms with van der Waals surface area (Å²) in [6.07, 6.45) is 1.95. The van der Waals surface area contributed by atoms with Gasteiger partial charge in [-0.15, -0.1) is 0 Å². The van der Waals surface area contributed by atoms with Crippen molar-refractivity contribution >= 4 is 0 Å². The molecule has 3 rings (SSSR count). The van der Waals surface area contributed by atoms with E-state index in [2.05, 4.69) is 0 Å². The maximum absolute atomic E-state index is 11.1. The van der Waals surface area contributed by atoms with Gasteiger partial charge in [0.15, 0.2) is 6.29 Å². The molecule has 2 aliphatic carbocycles. The van der Waals surface area contributed by atoms with Crippen molar-refractivity contribution in [3.05, 3.63) is 11.6 Å². The predicted octanol–water partition coefficient (Wildman–Crippen LogP) is 0.172. The smallest absolute Gasteiger partial charge is 0.188 e. The molecule has 1 saturated carbocycles. The lowest BCUT2D eigenvalue weighted by Crippen LogP contribution is -2.66. The second kappa shape index (κ2) is 4.27. The van der Waals surface area contributed by atoms with Crippen molar-refractivity contribution in [1.82, 2.24) is 0 Å². The van der Waals surface area contributed by atoms with Gasteiger partial charge in [-0.2, -0.15) is 0 Å². The van der Waals surface area contributed by atoms with E-state index in [-0.39, 0.29) is 19.1 Å². The summed E-state index contributed by atoms with van der Waals surface area (Å²) >= 11 is 0. The van der Waals surface area contributed by atoms with Crippen molar-refractivity contribution in [1.29, 1.82) is 0 Å². The molecule has 4 N–H and O–H groups in total. The Morgan fingerprint density at radius 3 is 2.65 bits per heavy atom. The van der Waals surface area contributed by atoms with Gasteiger partial charge in [0.25, 0.3) is 0 Å². The van der Waals surface area contributed by atoms with Gasteiger partial charge in [0.05, 0.1) is 12.7 Å². The van der Waals surface area contributed by atoms with E-state index < -0.39 is 28.8 Å². The van der Waals surface area contributed by atoms with E-state index in [4.69, 9.17) is 4.74 Å². The van der Waals surface area contributed by atoms with Crippen molar-refractivity contribution < 1.29 is 25.2 Å². The zero-order valence-electron chi connectivity index (χ0n) is 12.0. The highest BCUT2D eigenvalue weighted by Crippen LogP contribution is 2.63. The van der Waals surface area contributed by atoms with Gasteiger partial charge in [-0.25, -0.2) is 0 Å². The Morgan fingerprint density at radius 1 is 1.30 bits per heavy atom. The molecule has 2 fully saturated rings. The first-order chi connectivity index (χ1) is 9.29. The van der Waals surface area contributed by atoms with Gasteiger partial charge in [-0.05, 0) is 23.8 Å². The number of ether oxygens (including phenoxy) is 1. The number of hydrogen-bond donors (Lipinski definition) is 4. The molecule has 5 heteroatoms. The summed E-state index contributed by atoms with van der Waals surface area (Å²) in [5.74, 6) is -0.307. The third kappa shape index (κ3) is 1.50. The molecule has 0 amide bonds. The summed E-state index contributed by atoms with van der Waals surface area (Å²) in [6, 6.07) is 0. The number of aliphatic hydroxyl groups excluding tert-OH is 3. The lowest BCUT2D eigenvalue weighted by atomic mass is 9.46. The van der Waals surface area contributed by atoms with Crippen LogP contribution in [-0.4, -0.2) is 51.6 Å². The van der Waals surface area contributed by atoms with Crippen LogP contribution in [0.15, 0.2) is 11.6 Å². The number of fused-ring (bicyclic) bond motifs is 3. The summed E-state index contributed by atoms with van der Waals surface area (Å²) in [5, 5.41) is 41.7. The molecule has 1 saturated heterocycles. The number of aliphatic hydroxyl groups is 4. The summed E-state index contributed by atoms with van der Waals surface area (Å²) in [6.45, 7) is 3.95. The van der Waals surface area contributed by atoms with Crippen LogP contribution in [0.25, 0.3) is 0 Å².